The number of ether oxygens (including phenoxy) is 1. The standard InChI is InChI=1S/C24H30ClN3O/c1-28(2)11-8-18-6-7-22-20(14-18)16-24(9-12-29-13-10-24)23(27-22)26-17-19-4-3-5-21(25)15-19/h3-7,14-15H,8-13,16-17H2,1-2H3,(H,26,27). The van der Waals surface area contributed by atoms with Gasteiger partial charge in [0.25, 0.3) is 0 Å². The topological polar surface area (TPSA) is 36.9 Å². The largest absolute Gasteiger partial charge is 0.381 e. The summed E-state index contributed by atoms with van der Waals surface area (Å²) in [6.07, 6.45) is 4.13. The van der Waals surface area contributed by atoms with E-state index in [0.717, 1.165) is 61.9 Å². The van der Waals surface area contributed by atoms with Gasteiger partial charge in [-0.25, -0.2) is 0 Å². The summed E-state index contributed by atoms with van der Waals surface area (Å²) < 4.78 is 5.69. The van der Waals surface area contributed by atoms with E-state index in [4.69, 9.17) is 21.3 Å². The van der Waals surface area contributed by atoms with Gasteiger partial charge in [-0.3, -0.25) is 4.99 Å². The van der Waals surface area contributed by atoms with Gasteiger partial charge >= 0.3 is 0 Å². The van der Waals surface area contributed by atoms with Crippen LogP contribution in [-0.2, 0) is 24.1 Å². The Balaban J connectivity index is 1.61. The molecule has 0 radical (unpaired) electrons. The van der Waals surface area contributed by atoms with Gasteiger partial charge in [-0.2, -0.15) is 0 Å². The molecule has 1 saturated heterocycles. The van der Waals surface area contributed by atoms with Crippen LogP contribution in [0.4, 0.5) is 5.69 Å². The molecule has 1 spiro atoms. The molecule has 4 rings (SSSR count). The van der Waals surface area contributed by atoms with Gasteiger partial charge in [-0.05, 0) is 74.7 Å². The van der Waals surface area contributed by atoms with E-state index in [0.29, 0.717) is 6.54 Å². The first kappa shape index (κ1) is 20.4. The Morgan fingerprint density at radius 1 is 1.10 bits per heavy atom. The maximum absolute atomic E-state index is 6.15. The highest BCUT2D eigenvalue weighted by Gasteiger charge is 2.41. The summed E-state index contributed by atoms with van der Waals surface area (Å²) in [7, 11) is 4.25. The first-order valence-electron chi connectivity index (χ1n) is 10.4. The molecule has 2 aliphatic rings. The number of aliphatic imine (C=N–C) groups is 1. The average Bonchev–Trinajstić information content (AvgIpc) is 2.71. The van der Waals surface area contributed by atoms with Gasteiger partial charge in [-0.15, -0.1) is 0 Å². The maximum atomic E-state index is 6.15. The molecular weight excluding hydrogens is 382 g/mol. The van der Waals surface area contributed by atoms with Crippen molar-refractivity contribution in [3.05, 3.63) is 64.2 Å². The number of fused-ring (bicyclic) bond motifs is 1. The highest BCUT2D eigenvalue weighted by molar-refractivity contribution is 6.30. The summed E-state index contributed by atoms with van der Waals surface area (Å²) >= 11 is 6.15. The summed E-state index contributed by atoms with van der Waals surface area (Å²) in [5.41, 5.74) is 5.19. The van der Waals surface area contributed by atoms with Gasteiger partial charge in [0.05, 0.1) is 6.54 Å². The number of hydrogen-bond donors (Lipinski definition) is 1. The minimum atomic E-state index is 0.0456. The average molecular weight is 412 g/mol. The molecule has 5 heteroatoms. The molecule has 2 aromatic rings. The van der Waals surface area contributed by atoms with Crippen LogP contribution in [0.1, 0.15) is 29.5 Å². The van der Waals surface area contributed by atoms with E-state index in [-0.39, 0.29) is 5.41 Å². The first-order valence-corrected chi connectivity index (χ1v) is 10.8. The third-order valence-electron chi connectivity index (χ3n) is 6.06. The highest BCUT2D eigenvalue weighted by Crippen LogP contribution is 2.42. The third kappa shape index (κ3) is 4.82. The lowest BCUT2D eigenvalue weighted by Gasteiger charge is -2.42. The van der Waals surface area contributed by atoms with E-state index < -0.39 is 0 Å². The fourth-order valence-electron chi connectivity index (χ4n) is 4.32. The fourth-order valence-corrected chi connectivity index (χ4v) is 4.53. The Bertz CT molecular complexity index is 887. The molecule has 2 aromatic carbocycles. The van der Waals surface area contributed by atoms with Crippen LogP contribution >= 0.6 is 11.6 Å². The quantitative estimate of drug-likeness (QED) is 0.767. The lowest BCUT2D eigenvalue weighted by Crippen LogP contribution is -2.46. The normalized spacial score (nSPS) is 19.4. The van der Waals surface area contributed by atoms with Crippen molar-refractivity contribution in [2.75, 3.05) is 39.2 Å². The van der Waals surface area contributed by atoms with Crippen LogP contribution in [0.3, 0.4) is 0 Å². The lowest BCUT2D eigenvalue weighted by atomic mass is 9.71. The van der Waals surface area contributed by atoms with Crippen molar-refractivity contribution in [3.63, 3.8) is 0 Å². The van der Waals surface area contributed by atoms with Crippen molar-refractivity contribution in [3.8, 4) is 0 Å². The Morgan fingerprint density at radius 2 is 1.93 bits per heavy atom. The van der Waals surface area contributed by atoms with Crippen molar-refractivity contribution < 1.29 is 4.74 Å². The molecule has 0 unspecified atom stereocenters. The second-order valence-corrected chi connectivity index (χ2v) is 8.97. The smallest absolute Gasteiger partial charge is 0.108 e. The van der Waals surface area contributed by atoms with Crippen molar-refractivity contribution in [2.45, 2.75) is 32.2 Å². The van der Waals surface area contributed by atoms with Crippen LogP contribution in [0.15, 0.2) is 47.5 Å². The second kappa shape index (κ2) is 8.86. The molecule has 0 bridgehead atoms. The molecule has 2 heterocycles. The van der Waals surface area contributed by atoms with E-state index in [1.54, 1.807) is 0 Å². The van der Waals surface area contributed by atoms with Crippen LogP contribution < -0.4 is 5.32 Å². The Morgan fingerprint density at radius 3 is 2.69 bits per heavy atom. The zero-order chi connectivity index (χ0) is 20.3. The number of hydrogen-bond acceptors (Lipinski definition) is 3. The number of amidine groups is 1. The van der Waals surface area contributed by atoms with Crippen LogP contribution in [0.2, 0.25) is 5.02 Å². The fraction of sp³-hybridized carbons (Fsp3) is 0.458. The number of nitrogens with one attached hydrogen (secondary N) is 1. The van der Waals surface area contributed by atoms with Gasteiger partial charge in [-0.1, -0.05) is 35.9 Å². The number of anilines is 1. The molecule has 1 N–H and O–H groups in total. The molecule has 0 aliphatic carbocycles. The molecule has 0 aromatic heterocycles. The molecule has 29 heavy (non-hydrogen) atoms. The van der Waals surface area contributed by atoms with E-state index >= 15 is 0 Å². The number of rotatable bonds is 5. The van der Waals surface area contributed by atoms with Gasteiger partial charge in [0.2, 0.25) is 0 Å². The van der Waals surface area contributed by atoms with Gasteiger partial charge < -0.3 is 15.0 Å². The van der Waals surface area contributed by atoms with E-state index in [1.807, 2.05) is 18.2 Å². The zero-order valence-electron chi connectivity index (χ0n) is 17.4. The molecular formula is C24H30ClN3O. The Hall–Kier alpha value is -1.88. The van der Waals surface area contributed by atoms with Gasteiger partial charge in [0.1, 0.15) is 5.84 Å². The summed E-state index contributed by atoms with van der Waals surface area (Å²) in [4.78, 5) is 7.27. The Labute approximate surface area is 178 Å². The first-order chi connectivity index (χ1) is 14.0. The van der Waals surface area contributed by atoms with Crippen LogP contribution in [0.25, 0.3) is 0 Å². The number of nitrogens with zero attached hydrogens (tertiary/aromatic N) is 2. The third-order valence-corrected chi connectivity index (χ3v) is 6.30. The van der Waals surface area contributed by atoms with Crippen molar-refractivity contribution in [1.29, 1.82) is 0 Å². The number of benzene rings is 2. The van der Waals surface area contributed by atoms with Crippen LogP contribution in [0.5, 0.6) is 0 Å². The molecule has 0 amide bonds. The predicted molar refractivity (Wildman–Crippen MR) is 121 cm³/mol. The molecule has 4 nitrogen and oxygen atoms in total. The summed E-state index contributed by atoms with van der Waals surface area (Å²) in [5.74, 6) is 1.11. The Kier molecular flexibility index (Phi) is 6.23. The molecule has 0 atom stereocenters. The van der Waals surface area contributed by atoms with Crippen molar-refractivity contribution in [2.24, 2.45) is 10.4 Å². The molecule has 2 aliphatic heterocycles. The van der Waals surface area contributed by atoms with E-state index in [2.05, 4.69) is 48.6 Å². The number of halogens is 1. The van der Waals surface area contributed by atoms with E-state index in [1.165, 1.54) is 16.8 Å². The van der Waals surface area contributed by atoms with Crippen LogP contribution in [-0.4, -0.2) is 44.6 Å². The zero-order valence-corrected chi connectivity index (χ0v) is 18.1. The lowest BCUT2D eigenvalue weighted by molar-refractivity contribution is 0.0448. The van der Waals surface area contributed by atoms with Crippen molar-refractivity contribution >= 4 is 23.1 Å². The van der Waals surface area contributed by atoms with Crippen molar-refractivity contribution in [1.82, 2.24) is 4.90 Å². The SMILES string of the molecule is CN(C)CCc1ccc2c(c1)CC1(CCOCC1)C(=NCc1cccc(Cl)c1)N2. The summed E-state index contributed by atoms with van der Waals surface area (Å²) in [6, 6.07) is 14.8. The van der Waals surface area contributed by atoms with Crippen LogP contribution in [0, 0.1) is 5.41 Å². The number of likely N-dealkylation sites (N-methyl/N-ethyl adjacent to an activating group) is 1. The molecule has 1 fully saturated rings. The molecule has 0 saturated carbocycles. The second-order valence-electron chi connectivity index (χ2n) is 8.53. The minimum Gasteiger partial charge on any atom is -0.381 e. The summed E-state index contributed by atoms with van der Waals surface area (Å²) in [5, 5.41) is 4.45. The van der Waals surface area contributed by atoms with E-state index in [9.17, 15) is 0 Å². The molecule has 154 valence electrons. The maximum Gasteiger partial charge on any atom is 0.108 e. The summed E-state index contributed by atoms with van der Waals surface area (Å²) in [6.45, 7) is 3.31. The predicted octanol–water partition coefficient (Wildman–Crippen LogP) is 4.81. The van der Waals surface area contributed by atoms with Gasteiger partial charge in [0, 0.05) is 35.9 Å². The highest BCUT2D eigenvalue weighted by atomic mass is 35.5. The van der Waals surface area contributed by atoms with Gasteiger partial charge in [0.15, 0.2) is 0 Å². The minimum absolute atomic E-state index is 0.0456. The monoisotopic (exact) mass is 411 g/mol.